The number of amides is 2. The molecular formula is C26H36N2O4. The van der Waals surface area contributed by atoms with Crippen molar-refractivity contribution in [2.24, 2.45) is 0 Å². The number of carbonyl (C=O) groups is 2. The van der Waals surface area contributed by atoms with Crippen molar-refractivity contribution in [2.45, 2.75) is 60.0 Å². The second-order valence-corrected chi connectivity index (χ2v) is 8.08. The lowest BCUT2D eigenvalue weighted by Crippen LogP contribution is -2.50. The van der Waals surface area contributed by atoms with Gasteiger partial charge in [-0.15, -0.1) is 0 Å². The summed E-state index contributed by atoms with van der Waals surface area (Å²) in [7, 11) is 1.61. The number of nitrogens with zero attached hydrogens (tertiary/aromatic N) is 1. The minimum absolute atomic E-state index is 0.128. The van der Waals surface area contributed by atoms with Crippen LogP contribution in [0.3, 0.4) is 0 Å². The highest BCUT2D eigenvalue weighted by atomic mass is 16.5. The zero-order chi connectivity index (χ0) is 23.7. The summed E-state index contributed by atoms with van der Waals surface area (Å²) in [5.41, 5.74) is 4.13. The Labute approximate surface area is 191 Å². The van der Waals surface area contributed by atoms with Gasteiger partial charge in [0.1, 0.15) is 17.5 Å². The maximum Gasteiger partial charge on any atom is 0.261 e. The standard InChI is InChI=1S/C26H36N2O4/c1-7-13-27-26(30)23(8-2)28(16-21-9-11-22(31-6)12-10-21)25(29)17-32-24-15-18(3)14-19(4)20(24)5/h9-12,14-15,23H,7-8,13,16-17H2,1-6H3,(H,27,30). The average Bonchev–Trinajstić information content (AvgIpc) is 2.79. The first-order valence-electron chi connectivity index (χ1n) is 11.2. The van der Waals surface area contributed by atoms with Gasteiger partial charge in [0.25, 0.3) is 5.91 Å². The van der Waals surface area contributed by atoms with Gasteiger partial charge in [0.05, 0.1) is 7.11 Å². The lowest BCUT2D eigenvalue weighted by Gasteiger charge is -2.30. The van der Waals surface area contributed by atoms with E-state index in [-0.39, 0.29) is 18.4 Å². The summed E-state index contributed by atoms with van der Waals surface area (Å²) < 4.78 is 11.2. The molecule has 0 spiro atoms. The van der Waals surface area contributed by atoms with Crippen LogP contribution in [0.2, 0.25) is 0 Å². The molecule has 0 aliphatic carbocycles. The van der Waals surface area contributed by atoms with Crippen LogP contribution in [0.4, 0.5) is 0 Å². The lowest BCUT2D eigenvalue weighted by molar-refractivity contribution is -0.143. The van der Waals surface area contributed by atoms with E-state index in [4.69, 9.17) is 9.47 Å². The van der Waals surface area contributed by atoms with Gasteiger partial charge in [-0.05, 0) is 74.1 Å². The molecule has 0 heterocycles. The van der Waals surface area contributed by atoms with E-state index in [9.17, 15) is 9.59 Å². The maximum atomic E-state index is 13.3. The van der Waals surface area contributed by atoms with Crippen molar-refractivity contribution in [3.8, 4) is 11.5 Å². The topological polar surface area (TPSA) is 67.9 Å². The van der Waals surface area contributed by atoms with Crippen molar-refractivity contribution < 1.29 is 19.1 Å². The highest BCUT2D eigenvalue weighted by molar-refractivity contribution is 5.88. The number of nitrogens with one attached hydrogen (secondary N) is 1. The monoisotopic (exact) mass is 440 g/mol. The number of benzene rings is 2. The van der Waals surface area contributed by atoms with Gasteiger partial charge in [-0.3, -0.25) is 9.59 Å². The molecule has 0 saturated carbocycles. The van der Waals surface area contributed by atoms with Gasteiger partial charge in [0.2, 0.25) is 5.91 Å². The number of rotatable bonds is 11. The summed E-state index contributed by atoms with van der Waals surface area (Å²) >= 11 is 0. The Morgan fingerprint density at radius 1 is 1.06 bits per heavy atom. The SMILES string of the molecule is CCCNC(=O)C(CC)N(Cc1ccc(OC)cc1)C(=O)COc1cc(C)cc(C)c1C. The molecular weight excluding hydrogens is 404 g/mol. The first-order chi connectivity index (χ1) is 15.3. The van der Waals surface area contributed by atoms with Crippen molar-refractivity contribution in [3.05, 3.63) is 58.7 Å². The normalized spacial score (nSPS) is 11.6. The Hall–Kier alpha value is -3.02. The van der Waals surface area contributed by atoms with Gasteiger partial charge in [-0.25, -0.2) is 0 Å². The molecule has 2 aromatic carbocycles. The summed E-state index contributed by atoms with van der Waals surface area (Å²) in [4.78, 5) is 27.7. The summed E-state index contributed by atoms with van der Waals surface area (Å²) in [6.07, 6.45) is 1.35. The number of ether oxygens (including phenoxy) is 2. The third-order valence-electron chi connectivity index (χ3n) is 5.56. The van der Waals surface area contributed by atoms with Crippen LogP contribution >= 0.6 is 0 Å². The summed E-state index contributed by atoms with van der Waals surface area (Å²) in [5, 5.41) is 2.93. The Morgan fingerprint density at radius 3 is 2.34 bits per heavy atom. The Kier molecular flexibility index (Phi) is 9.57. The first-order valence-corrected chi connectivity index (χ1v) is 11.2. The number of methoxy groups -OCH3 is 1. The Balaban J connectivity index is 2.24. The highest BCUT2D eigenvalue weighted by Gasteiger charge is 2.29. The number of carbonyl (C=O) groups excluding carboxylic acids is 2. The summed E-state index contributed by atoms with van der Waals surface area (Å²) in [6.45, 7) is 10.7. The number of hydrogen-bond donors (Lipinski definition) is 1. The molecule has 0 radical (unpaired) electrons. The summed E-state index contributed by atoms with van der Waals surface area (Å²) in [5.74, 6) is 1.08. The van der Waals surface area contributed by atoms with Crippen molar-refractivity contribution in [3.63, 3.8) is 0 Å². The molecule has 6 nitrogen and oxygen atoms in total. The summed E-state index contributed by atoms with van der Waals surface area (Å²) in [6, 6.07) is 11.0. The largest absolute Gasteiger partial charge is 0.497 e. The zero-order valence-corrected chi connectivity index (χ0v) is 20.2. The molecule has 32 heavy (non-hydrogen) atoms. The van der Waals surface area contributed by atoms with Crippen LogP contribution in [0.25, 0.3) is 0 Å². The molecule has 2 rings (SSSR count). The number of hydrogen-bond acceptors (Lipinski definition) is 4. The fourth-order valence-corrected chi connectivity index (χ4v) is 3.59. The van der Waals surface area contributed by atoms with Gasteiger partial charge < -0.3 is 19.7 Å². The van der Waals surface area contributed by atoms with Crippen LogP contribution in [0.15, 0.2) is 36.4 Å². The van der Waals surface area contributed by atoms with E-state index in [0.29, 0.717) is 25.3 Å². The van der Waals surface area contributed by atoms with Gasteiger partial charge in [0.15, 0.2) is 6.61 Å². The first kappa shape index (κ1) is 25.2. The molecule has 0 fully saturated rings. The zero-order valence-electron chi connectivity index (χ0n) is 20.2. The fourth-order valence-electron chi connectivity index (χ4n) is 3.59. The molecule has 1 unspecified atom stereocenters. The molecule has 2 aromatic rings. The van der Waals surface area contributed by atoms with Crippen LogP contribution in [-0.4, -0.2) is 43.0 Å². The molecule has 2 amide bonds. The predicted octanol–water partition coefficient (Wildman–Crippen LogP) is 4.33. The molecule has 0 bridgehead atoms. The van der Waals surface area contributed by atoms with E-state index in [1.54, 1.807) is 12.0 Å². The molecule has 1 N–H and O–H groups in total. The van der Waals surface area contributed by atoms with Crippen LogP contribution in [0.5, 0.6) is 11.5 Å². The molecule has 0 saturated heterocycles. The van der Waals surface area contributed by atoms with E-state index in [1.165, 1.54) is 0 Å². The van der Waals surface area contributed by atoms with Crippen molar-refractivity contribution in [1.29, 1.82) is 0 Å². The van der Waals surface area contributed by atoms with Crippen molar-refractivity contribution >= 4 is 11.8 Å². The van der Waals surface area contributed by atoms with Gasteiger partial charge in [-0.1, -0.05) is 32.0 Å². The van der Waals surface area contributed by atoms with Crippen molar-refractivity contribution in [2.75, 3.05) is 20.3 Å². The minimum Gasteiger partial charge on any atom is -0.497 e. The smallest absolute Gasteiger partial charge is 0.261 e. The van der Waals surface area contributed by atoms with Crippen LogP contribution < -0.4 is 14.8 Å². The van der Waals surface area contributed by atoms with Gasteiger partial charge in [-0.2, -0.15) is 0 Å². The predicted molar refractivity (Wildman–Crippen MR) is 127 cm³/mol. The molecule has 0 aliphatic rings. The molecule has 1 atom stereocenters. The highest BCUT2D eigenvalue weighted by Crippen LogP contribution is 2.24. The maximum absolute atomic E-state index is 13.3. The van der Waals surface area contributed by atoms with Gasteiger partial charge in [0, 0.05) is 13.1 Å². The third kappa shape index (κ3) is 6.74. The van der Waals surface area contributed by atoms with Crippen LogP contribution in [0.1, 0.15) is 48.9 Å². The average molecular weight is 441 g/mol. The Morgan fingerprint density at radius 2 is 1.75 bits per heavy atom. The van der Waals surface area contributed by atoms with E-state index >= 15 is 0 Å². The second-order valence-electron chi connectivity index (χ2n) is 8.08. The quantitative estimate of drug-likeness (QED) is 0.565. The van der Waals surface area contributed by atoms with E-state index in [1.807, 2.05) is 65.0 Å². The molecule has 0 aromatic heterocycles. The third-order valence-corrected chi connectivity index (χ3v) is 5.56. The van der Waals surface area contributed by atoms with Crippen molar-refractivity contribution in [1.82, 2.24) is 10.2 Å². The Bertz CT molecular complexity index is 909. The van der Waals surface area contributed by atoms with E-state index < -0.39 is 6.04 Å². The number of aryl methyl sites for hydroxylation is 2. The van der Waals surface area contributed by atoms with Crippen LogP contribution in [0, 0.1) is 20.8 Å². The fraction of sp³-hybridized carbons (Fsp3) is 0.462. The minimum atomic E-state index is -0.569. The molecule has 174 valence electrons. The lowest BCUT2D eigenvalue weighted by atomic mass is 10.1. The molecule has 0 aliphatic heterocycles. The molecule has 6 heteroatoms. The van der Waals surface area contributed by atoms with Gasteiger partial charge >= 0.3 is 0 Å². The van der Waals surface area contributed by atoms with Crippen LogP contribution in [-0.2, 0) is 16.1 Å². The van der Waals surface area contributed by atoms with E-state index in [2.05, 4.69) is 11.4 Å². The second kappa shape index (κ2) is 12.1. The van der Waals surface area contributed by atoms with E-state index in [0.717, 1.165) is 34.4 Å².